The van der Waals surface area contributed by atoms with Crippen molar-refractivity contribution < 1.29 is 18.0 Å². The van der Waals surface area contributed by atoms with Crippen LogP contribution < -0.4 is 10.0 Å². The summed E-state index contributed by atoms with van der Waals surface area (Å²) in [7, 11) is -3.96. The van der Waals surface area contributed by atoms with Crippen LogP contribution in [0.1, 0.15) is 29.8 Å². The van der Waals surface area contributed by atoms with Gasteiger partial charge in [-0.05, 0) is 25.5 Å². The fraction of sp³-hybridized carbons (Fsp3) is 0.231. The van der Waals surface area contributed by atoms with Gasteiger partial charge in [-0.1, -0.05) is 23.5 Å². The molecule has 8 nitrogen and oxygen atoms in total. The van der Waals surface area contributed by atoms with E-state index in [4.69, 9.17) is 0 Å². The highest BCUT2D eigenvalue weighted by molar-refractivity contribution is 7.94. The van der Waals surface area contributed by atoms with Crippen LogP contribution in [0.2, 0.25) is 0 Å². The second kappa shape index (κ2) is 6.42. The van der Waals surface area contributed by atoms with Crippen molar-refractivity contribution in [3.8, 4) is 0 Å². The first-order valence-corrected chi connectivity index (χ1v) is 8.74. The number of anilines is 2. The zero-order valence-corrected chi connectivity index (χ0v) is 14.2. The number of Topliss-reactive ketones (excluding diaryl/α,β-unsaturated/α-hetero) is 1. The molecule has 0 aliphatic carbocycles. The summed E-state index contributed by atoms with van der Waals surface area (Å²) in [6, 6.07) is 4.73. The van der Waals surface area contributed by atoms with E-state index in [1.54, 1.807) is 19.1 Å². The van der Waals surface area contributed by atoms with Gasteiger partial charge in [0.05, 0.1) is 5.69 Å². The Hall–Kier alpha value is -2.33. The van der Waals surface area contributed by atoms with E-state index in [1.807, 2.05) is 0 Å². The highest BCUT2D eigenvalue weighted by Gasteiger charge is 2.21. The molecule has 0 saturated heterocycles. The summed E-state index contributed by atoms with van der Waals surface area (Å²) in [4.78, 5) is 22.4. The molecule has 2 aromatic rings. The van der Waals surface area contributed by atoms with Crippen LogP contribution in [-0.2, 0) is 14.8 Å². The Morgan fingerprint density at radius 2 is 1.87 bits per heavy atom. The van der Waals surface area contributed by atoms with Gasteiger partial charge >= 0.3 is 0 Å². The minimum atomic E-state index is -3.96. The van der Waals surface area contributed by atoms with E-state index in [-0.39, 0.29) is 26.8 Å². The number of ketones is 1. The maximum Gasteiger partial charge on any atom is 0.291 e. The zero-order valence-electron chi connectivity index (χ0n) is 12.6. The average molecular weight is 354 g/mol. The molecule has 0 bridgehead atoms. The van der Waals surface area contributed by atoms with E-state index in [0.717, 1.165) is 11.3 Å². The molecule has 122 valence electrons. The van der Waals surface area contributed by atoms with Crippen molar-refractivity contribution in [1.82, 2.24) is 10.2 Å². The molecule has 0 fully saturated rings. The molecule has 0 aliphatic heterocycles. The lowest BCUT2D eigenvalue weighted by atomic mass is 10.1. The highest BCUT2D eigenvalue weighted by atomic mass is 32.2. The molecule has 0 atom stereocenters. The largest absolute Gasteiger partial charge is 0.301 e. The molecule has 0 spiro atoms. The quantitative estimate of drug-likeness (QED) is 0.624. The normalized spacial score (nSPS) is 11.1. The number of sulfonamides is 1. The predicted octanol–water partition coefficient (Wildman–Crippen LogP) is 1.81. The van der Waals surface area contributed by atoms with Gasteiger partial charge in [-0.3, -0.25) is 14.3 Å². The lowest BCUT2D eigenvalue weighted by molar-refractivity contribution is -0.114. The molecule has 1 amide bonds. The van der Waals surface area contributed by atoms with Crippen LogP contribution in [0.15, 0.2) is 22.5 Å². The number of benzene rings is 1. The van der Waals surface area contributed by atoms with Crippen LogP contribution in [0.25, 0.3) is 0 Å². The fourth-order valence-electron chi connectivity index (χ4n) is 1.66. The summed E-state index contributed by atoms with van der Waals surface area (Å²) < 4.78 is 26.8. The number of nitrogens with zero attached hydrogens (tertiary/aromatic N) is 2. The van der Waals surface area contributed by atoms with Gasteiger partial charge in [0.1, 0.15) is 0 Å². The highest BCUT2D eigenvalue weighted by Crippen LogP contribution is 2.25. The first-order valence-electron chi connectivity index (χ1n) is 6.44. The van der Waals surface area contributed by atoms with E-state index >= 15 is 0 Å². The van der Waals surface area contributed by atoms with Crippen LogP contribution in [0.5, 0.6) is 0 Å². The Bertz CT molecular complexity index is 874. The molecule has 1 aromatic heterocycles. The van der Waals surface area contributed by atoms with Gasteiger partial charge < -0.3 is 5.32 Å². The number of hydrogen-bond acceptors (Lipinski definition) is 7. The minimum Gasteiger partial charge on any atom is -0.301 e. The maximum atomic E-state index is 12.3. The second-order valence-electron chi connectivity index (χ2n) is 4.75. The number of nitrogens with one attached hydrogen (secondary N) is 2. The molecule has 10 heteroatoms. The Morgan fingerprint density at radius 1 is 1.17 bits per heavy atom. The lowest BCUT2D eigenvalue weighted by Gasteiger charge is -2.09. The fourth-order valence-corrected chi connectivity index (χ4v) is 3.73. The standard InChI is InChI=1S/C13H14N4O4S2/c1-7-4-5-10(8(2)18)6-11(7)17-23(20,21)13-16-15-12(22-13)14-9(3)19/h4-6,17H,1-3H3,(H,14,15,19). The lowest BCUT2D eigenvalue weighted by Crippen LogP contribution is -2.14. The summed E-state index contributed by atoms with van der Waals surface area (Å²) in [6.07, 6.45) is 0. The van der Waals surface area contributed by atoms with Crippen LogP contribution in [-0.4, -0.2) is 30.3 Å². The Morgan fingerprint density at radius 3 is 2.48 bits per heavy atom. The van der Waals surface area contributed by atoms with E-state index in [2.05, 4.69) is 20.2 Å². The molecule has 2 N–H and O–H groups in total. The smallest absolute Gasteiger partial charge is 0.291 e. The van der Waals surface area contributed by atoms with Crippen molar-refractivity contribution >= 4 is 43.9 Å². The first-order chi connectivity index (χ1) is 10.7. The van der Waals surface area contributed by atoms with Crippen LogP contribution in [0.4, 0.5) is 10.8 Å². The third-order valence-electron chi connectivity index (χ3n) is 2.81. The van der Waals surface area contributed by atoms with Gasteiger partial charge in [-0.25, -0.2) is 0 Å². The van der Waals surface area contributed by atoms with Crippen LogP contribution in [0, 0.1) is 6.92 Å². The Labute approximate surface area is 137 Å². The van der Waals surface area contributed by atoms with Gasteiger partial charge in [0.25, 0.3) is 14.4 Å². The summed E-state index contributed by atoms with van der Waals surface area (Å²) in [5.41, 5.74) is 1.34. The number of aromatic nitrogens is 2. The number of aryl methyl sites for hydroxylation is 1. The van der Waals surface area contributed by atoms with Crippen molar-refractivity contribution in [1.29, 1.82) is 0 Å². The van der Waals surface area contributed by atoms with E-state index in [0.29, 0.717) is 11.1 Å². The molecule has 0 saturated carbocycles. The molecule has 0 unspecified atom stereocenters. The third-order valence-corrected chi connectivity index (χ3v) is 5.38. The van der Waals surface area contributed by atoms with Crippen LogP contribution >= 0.6 is 11.3 Å². The van der Waals surface area contributed by atoms with E-state index < -0.39 is 10.0 Å². The minimum absolute atomic E-state index is 0.0899. The van der Waals surface area contributed by atoms with Crippen molar-refractivity contribution in [2.75, 3.05) is 10.0 Å². The van der Waals surface area contributed by atoms with Crippen molar-refractivity contribution in [2.45, 2.75) is 25.1 Å². The number of hydrogen-bond donors (Lipinski definition) is 2. The predicted molar refractivity (Wildman–Crippen MR) is 86.2 cm³/mol. The van der Waals surface area contributed by atoms with Crippen molar-refractivity contribution in [3.63, 3.8) is 0 Å². The van der Waals surface area contributed by atoms with Crippen molar-refractivity contribution in [3.05, 3.63) is 29.3 Å². The molecule has 1 heterocycles. The second-order valence-corrected chi connectivity index (χ2v) is 7.58. The Balaban J connectivity index is 2.31. The monoisotopic (exact) mass is 354 g/mol. The first kappa shape index (κ1) is 17.0. The van der Waals surface area contributed by atoms with E-state index in [9.17, 15) is 18.0 Å². The summed E-state index contributed by atoms with van der Waals surface area (Å²) in [6.45, 7) is 4.39. The van der Waals surface area contributed by atoms with Gasteiger partial charge in [-0.15, -0.1) is 10.2 Å². The van der Waals surface area contributed by atoms with Gasteiger partial charge in [0.2, 0.25) is 11.0 Å². The van der Waals surface area contributed by atoms with E-state index in [1.165, 1.54) is 19.9 Å². The molecule has 0 radical (unpaired) electrons. The number of carbonyl (C=O) groups excluding carboxylic acids is 2. The van der Waals surface area contributed by atoms with Gasteiger partial charge in [0.15, 0.2) is 5.78 Å². The van der Waals surface area contributed by atoms with Gasteiger partial charge in [-0.2, -0.15) is 8.42 Å². The summed E-state index contributed by atoms with van der Waals surface area (Å²) in [5.74, 6) is -0.544. The number of carbonyl (C=O) groups is 2. The SMILES string of the molecule is CC(=O)Nc1nnc(S(=O)(=O)Nc2cc(C(C)=O)ccc2C)s1. The maximum absolute atomic E-state index is 12.3. The molecule has 0 aliphatic rings. The summed E-state index contributed by atoms with van der Waals surface area (Å²) in [5, 5.41) is 9.61. The zero-order chi connectivity index (χ0) is 17.2. The molecular weight excluding hydrogens is 340 g/mol. The van der Waals surface area contributed by atoms with Gasteiger partial charge in [0, 0.05) is 12.5 Å². The average Bonchev–Trinajstić information content (AvgIpc) is 2.89. The third kappa shape index (κ3) is 4.11. The molecule has 1 aromatic carbocycles. The Kier molecular flexibility index (Phi) is 4.76. The van der Waals surface area contributed by atoms with Crippen LogP contribution in [0.3, 0.4) is 0 Å². The molecule has 2 rings (SSSR count). The number of amides is 1. The summed E-state index contributed by atoms with van der Waals surface area (Å²) >= 11 is 0.732. The topological polar surface area (TPSA) is 118 Å². The number of rotatable bonds is 5. The molecule has 23 heavy (non-hydrogen) atoms. The molecular formula is C13H14N4O4S2. The van der Waals surface area contributed by atoms with Crippen molar-refractivity contribution in [2.24, 2.45) is 0 Å².